The number of fused-ring (bicyclic) bond motifs is 1. The monoisotopic (exact) mass is 191 g/mol. The van der Waals surface area contributed by atoms with Gasteiger partial charge in [-0.25, -0.2) is 0 Å². The van der Waals surface area contributed by atoms with Gasteiger partial charge in [0, 0.05) is 26.2 Å². The number of rotatable bonds is 3. The summed E-state index contributed by atoms with van der Waals surface area (Å²) < 4.78 is 14.8. The number of aryl methyl sites for hydroxylation is 1. The summed E-state index contributed by atoms with van der Waals surface area (Å²) in [6.45, 7) is 0. The number of aromatic nitrogens is 1. The number of hydrogen-bond donors (Lipinski definition) is 2. The van der Waals surface area contributed by atoms with Crippen LogP contribution in [0, 0.1) is 0 Å². The van der Waals surface area contributed by atoms with E-state index >= 15 is 0 Å². The van der Waals surface area contributed by atoms with Crippen molar-refractivity contribution in [3.63, 3.8) is 0 Å². The average Bonchev–Trinajstić information content (AvgIpc) is 2.61. The molecule has 2 aromatic rings. The fourth-order valence-electron chi connectivity index (χ4n) is 1.45. The van der Waals surface area contributed by atoms with Crippen LogP contribution < -0.4 is 0 Å². The Bertz CT molecular complexity index is 534. The molecule has 0 unspecified atom stereocenters. The molecule has 1 aromatic carbocycles. The van der Waals surface area contributed by atoms with Gasteiger partial charge in [0.15, 0.2) is 0 Å². The van der Waals surface area contributed by atoms with Crippen molar-refractivity contribution in [1.29, 1.82) is 0 Å². The molecule has 0 spiro atoms. The van der Waals surface area contributed by atoms with Gasteiger partial charge in [0.05, 0.1) is 0 Å². The normalized spacial score (nSPS) is 13.7. The Kier molecular flexibility index (Phi) is 1.68. The van der Waals surface area contributed by atoms with Crippen LogP contribution in [-0.4, -0.2) is 16.1 Å². The molecule has 0 saturated heterocycles. The van der Waals surface area contributed by atoms with Crippen molar-refractivity contribution >= 4 is 16.9 Å². The van der Waals surface area contributed by atoms with Gasteiger partial charge in [-0.05, 0) is 18.1 Å². The number of carboxylic acid groups (broad SMARTS) is 1. The summed E-state index contributed by atoms with van der Waals surface area (Å²) >= 11 is 0. The lowest BCUT2D eigenvalue weighted by atomic mass is 10.1. The number of hydrogen-bond acceptors (Lipinski definition) is 1. The molecule has 0 atom stereocenters. The molecule has 1 aromatic heterocycles. The van der Waals surface area contributed by atoms with Crippen molar-refractivity contribution in [2.24, 2.45) is 0 Å². The second kappa shape index (κ2) is 3.54. The van der Waals surface area contributed by atoms with Gasteiger partial charge < -0.3 is 10.1 Å². The predicted molar refractivity (Wildman–Crippen MR) is 54.3 cm³/mol. The maximum absolute atomic E-state index is 10.7. The molecule has 0 aliphatic rings. The van der Waals surface area contributed by atoms with Crippen molar-refractivity contribution < 1.29 is 12.6 Å². The molecule has 0 aliphatic heterocycles. The number of para-hydroxylation sites is 1. The summed E-state index contributed by atoms with van der Waals surface area (Å²) in [5.41, 5.74) is 1.57. The summed E-state index contributed by atoms with van der Waals surface area (Å²) in [6, 6.07) is 7.43. The molecule has 0 radical (unpaired) electrons. The molecule has 0 amide bonds. The van der Waals surface area contributed by atoms with Crippen LogP contribution in [0.4, 0.5) is 0 Å². The Morgan fingerprint density at radius 1 is 1.50 bits per heavy atom. The van der Waals surface area contributed by atoms with Crippen LogP contribution in [0.2, 0.25) is 0 Å². The number of benzene rings is 1. The van der Waals surface area contributed by atoms with Crippen LogP contribution in [-0.2, 0) is 11.2 Å². The van der Waals surface area contributed by atoms with Gasteiger partial charge in [-0.15, -0.1) is 0 Å². The van der Waals surface area contributed by atoms with Gasteiger partial charge >= 0.3 is 5.97 Å². The highest BCUT2D eigenvalue weighted by molar-refractivity contribution is 5.83. The van der Waals surface area contributed by atoms with Gasteiger partial charge in [-0.3, -0.25) is 4.79 Å². The van der Waals surface area contributed by atoms with E-state index in [0.29, 0.717) is 5.56 Å². The van der Waals surface area contributed by atoms with Crippen LogP contribution in [0.5, 0.6) is 0 Å². The molecule has 0 fully saturated rings. The van der Waals surface area contributed by atoms with Crippen LogP contribution in [0.25, 0.3) is 10.9 Å². The minimum atomic E-state index is -2.23. The molecule has 1 heterocycles. The minimum Gasteiger partial charge on any atom is -0.481 e. The van der Waals surface area contributed by atoms with Gasteiger partial charge in [-0.2, -0.15) is 0 Å². The predicted octanol–water partition coefficient (Wildman–Crippen LogP) is 2.19. The lowest BCUT2D eigenvalue weighted by molar-refractivity contribution is -0.136. The van der Waals surface area contributed by atoms with E-state index in [9.17, 15) is 4.79 Å². The number of carboxylic acids is 1. The smallest absolute Gasteiger partial charge is 0.303 e. The second-order valence-electron chi connectivity index (χ2n) is 3.02. The average molecular weight is 191 g/mol. The van der Waals surface area contributed by atoms with E-state index in [0.717, 1.165) is 10.9 Å². The van der Waals surface area contributed by atoms with Gasteiger partial charge in [0.25, 0.3) is 0 Å². The summed E-state index contributed by atoms with van der Waals surface area (Å²) in [5.74, 6) is -1.43. The van der Waals surface area contributed by atoms with E-state index in [1.165, 1.54) is 0 Å². The Labute approximate surface area is 84.2 Å². The highest BCUT2D eigenvalue weighted by Crippen LogP contribution is 2.18. The summed E-state index contributed by atoms with van der Waals surface area (Å²) in [5, 5.41) is 9.60. The minimum absolute atomic E-state index is 0.133. The van der Waals surface area contributed by atoms with Crippen LogP contribution in [0.3, 0.4) is 0 Å². The summed E-state index contributed by atoms with van der Waals surface area (Å²) in [6.07, 6.45) is -0.706. The molecule has 2 N–H and O–H groups in total. The van der Waals surface area contributed by atoms with E-state index in [-0.39, 0.29) is 6.42 Å². The quantitative estimate of drug-likeness (QED) is 0.781. The van der Waals surface area contributed by atoms with Gasteiger partial charge in [0.2, 0.25) is 0 Å². The molecule has 0 bridgehead atoms. The summed E-state index contributed by atoms with van der Waals surface area (Å²) in [4.78, 5) is 13.7. The van der Waals surface area contributed by atoms with Crippen LogP contribution >= 0.6 is 0 Å². The molecule has 0 aliphatic carbocycles. The Hall–Kier alpha value is -1.77. The number of aromatic amines is 1. The topological polar surface area (TPSA) is 53.1 Å². The number of H-pyrrole nitrogens is 1. The highest BCUT2D eigenvalue weighted by atomic mass is 16.4. The fourth-order valence-corrected chi connectivity index (χ4v) is 1.45. The molecule has 2 rings (SSSR count). The van der Waals surface area contributed by atoms with Crippen molar-refractivity contribution in [3.05, 3.63) is 36.0 Å². The zero-order valence-electron chi connectivity index (χ0n) is 9.45. The van der Waals surface area contributed by atoms with Crippen molar-refractivity contribution in [2.75, 3.05) is 0 Å². The Morgan fingerprint density at radius 3 is 3.07 bits per heavy atom. The lowest BCUT2D eigenvalue weighted by Crippen LogP contribution is -1.96. The van der Waals surface area contributed by atoms with Crippen LogP contribution in [0.1, 0.15) is 14.7 Å². The zero-order chi connectivity index (χ0) is 11.8. The Morgan fingerprint density at radius 2 is 2.29 bits per heavy atom. The van der Waals surface area contributed by atoms with Crippen molar-refractivity contribution in [3.8, 4) is 0 Å². The largest absolute Gasteiger partial charge is 0.481 e. The SMILES string of the molecule is [2H]C([2H])(Cc1c[nH]c2ccccc12)C(=O)O. The maximum Gasteiger partial charge on any atom is 0.303 e. The third-order valence-corrected chi connectivity index (χ3v) is 2.10. The first-order chi connectivity index (χ1) is 7.50. The molecule has 3 heteroatoms. The lowest BCUT2D eigenvalue weighted by Gasteiger charge is -1.95. The zero-order valence-corrected chi connectivity index (χ0v) is 7.45. The van der Waals surface area contributed by atoms with E-state index < -0.39 is 12.3 Å². The maximum atomic E-state index is 10.7. The number of nitrogens with one attached hydrogen (secondary N) is 1. The molecule has 0 saturated carbocycles. The second-order valence-corrected chi connectivity index (χ2v) is 3.02. The van der Waals surface area contributed by atoms with E-state index in [1.807, 2.05) is 24.3 Å². The molecule has 72 valence electrons. The third kappa shape index (κ3) is 1.62. The van der Waals surface area contributed by atoms with Crippen molar-refractivity contribution in [2.45, 2.75) is 12.8 Å². The van der Waals surface area contributed by atoms with Gasteiger partial charge in [-0.1, -0.05) is 18.2 Å². The first-order valence-electron chi connectivity index (χ1n) is 5.29. The fraction of sp³-hybridized carbons (Fsp3) is 0.182. The van der Waals surface area contributed by atoms with E-state index in [2.05, 4.69) is 4.98 Å². The number of aliphatic carboxylic acids is 1. The standard InChI is InChI=1S/C11H11NO2/c13-11(14)6-5-8-7-12-10-4-2-1-3-9(8)10/h1-4,7,12H,5-6H2,(H,13,14)/i6D2. The first kappa shape index (κ1) is 6.65. The summed E-state index contributed by atoms with van der Waals surface area (Å²) in [7, 11) is 0. The van der Waals surface area contributed by atoms with E-state index in [4.69, 9.17) is 7.85 Å². The third-order valence-electron chi connectivity index (χ3n) is 2.10. The first-order valence-corrected chi connectivity index (χ1v) is 4.29. The molecular weight excluding hydrogens is 178 g/mol. The van der Waals surface area contributed by atoms with Crippen molar-refractivity contribution in [1.82, 2.24) is 4.98 Å². The Balaban J connectivity index is 2.38. The highest BCUT2D eigenvalue weighted by Gasteiger charge is 2.04. The molecule has 3 nitrogen and oxygen atoms in total. The van der Waals surface area contributed by atoms with Gasteiger partial charge in [0.1, 0.15) is 0 Å². The van der Waals surface area contributed by atoms with Crippen LogP contribution in [0.15, 0.2) is 30.5 Å². The number of carbonyl (C=O) groups is 1. The molecule has 14 heavy (non-hydrogen) atoms. The van der Waals surface area contributed by atoms with E-state index in [1.54, 1.807) is 6.20 Å². The molecular formula is C11H11NO2.